The van der Waals surface area contributed by atoms with Gasteiger partial charge in [-0.15, -0.1) is 0 Å². The Morgan fingerprint density at radius 1 is 0.929 bits per heavy atom. The molecule has 0 N–H and O–H groups in total. The molecule has 1 aromatic heterocycles. The number of carbonyl (C=O) groups is 2. The number of amides is 2. The minimum absolute atomic E-state index is 0.0539. The topological polar surface area (TPSA) is 58.4 Å². The first kappa shape index (κ1) is 17.7. The van der Waals surface area contributed by atoms with Crippen LogP contribution in [0, 0.1) is 0 Å². The number of piperidine rings is 1. The average molecular weight is 380 g/mol. The van der Waals surface area contributed by atoms with Crippen molar-refractivity contribution in [2.45, 2.75) is 64.0 Å². The molecule has 2 aliphatic heterocycles. The van der Waals surface area contributed by atoms with E-state index in [1.807, 2.05) is 32.6 Å². The van der Waals surface area contributed by atoms with Crippen LogP contribution in [0.25, 0.3) is 11.0 Å². The molecule has 2 amide bonds. The van der Waals surface area contributed by atoms with Crippen LogP contribution >= 0.6 is 0 Å². The molecule has 2 aromatic rings. The minimum atomic E-state index is 0.0539. The number of rotatable bonds is 2. The lowest BCUT2D eigenvalue weighted by Gasteiger charge is -2.36. The summed E-state index contributed by atoms with van der Waals surface area (Å²) in [6, 6.07) is 6.10. The number of fused-ring (bicyclic) bond motifs is 3. The average Bonchev–Trinajstić information content (AvgIpc) is 3.13. The number of carbonyl (C=O) groups excluding carboxylic acids is 2. The van der Waals surface area contributed by atoms with Crippen molar-refractivity contribution in [2.75, 3.05) is 19.6 Å². The summed E-state index contributed by atoms with van der Waals surface area (Å²) in [4.78, 5) is 34.6. The second kappa shape index (κ2) is 7.22. The summed E-state index contributed by atoms with van der Waals surface area (Å²) < 4.78 is 2.03. The summed E-state index contributed by atoms with van der Waals surface area (Å²) in [5.41, 5.74) is 2.40. The summed E-state index contributed by atoms with van der Waals surface area (Å²) in [7, 11) is 0. The van der Waals surface area contributed by atoms with Crippen molar-refractivity contribution >= 4 is 22.8 Å². The van der Waals surface area contributed by atoms with Gasteiger partial charge in [-0.3, -0.25) is 9.59 Å². The molecule has 148 valence electrons. The highest BCUT2D eigenvalue weighted by Gasteiger charge is 2.33. The second-order valence-electron chi connectivity index (χ2n) is 8.43. The number of benzene rings is 1. The molecule has 0 spiro atoms. The zero-order valence-electron chi connectivity index (χ0n) is 16.4. The molecule has 5 rings (SSSR count). The number of nitrogens with zero attached hydrogens (tertiary/aromatic N) is 4. The Bertz CT molecular complexity index is 907. The van der Waals surface area contributed by atoms with Crippen molar-refractivity contribution in [1.82, 2.24) is 19.4 Å². The van der Waals surface area contributed by atoms with Gasteiger partial charge in [0.1, 0.15) is 0 Å². The highest BCUT2D eigenvalue weighted by molar-refractivity contribution is 6.00. The van der Waals surface area contributed by atoms with Gasteiger partial charge in [0.25, 0.3) is 11.8 Å². The lowest BCUT2D eigenvalue weighted by atomic mass is 9.94. The molecule has 0 atom stereocenters. The van der Waals surface area contributed by atoms with E-state index in [9.17, 15) is 9.59 Å². The summed E-state index contributed by atoms with van der Waals surface area (Å²) >= 11 is 0. The standard InChI is InChI=1S/C22H28N4O2/c27-21(24-11-5-2-6-12-24)16-9-10-19-18(15-16)23-20-22(28)25(13-14-26(19)20)17-7-3-1-4-8-17/h9-10,15,17H,1-8,11-14H2. The summed E-state index contributed by atoms with van der Waals surface area (Å²) in [6.07, 6.45) is 9.30. The van der Waals surface area contributed by atoms with E-state index < -0.39 is 0 Å². The van der Waals surface area contributed by atoms with Crippen LogP contribution in [0.1, 0.15) is 72.3 Å². The molecule has 0 unspecified atom stereocenters. The van der Waals surface area contributed by atoms with Crippen molar-refractivity contribution in [3.8, 4) is 0 Å². The Morgan fingerprint density at radius 2 is 1.68 bits per heavy atom. The van der Waals surface area contributed by atoms with Gasteiger partial charge in [0.2, 0.25) is 0 Å². The lowest BCUT2D eigenvalue weighted by molar-refractivity contribution is 0.0565. The SMILES string of the molecule is O=C(c1ccc2c(c1)nc1n2CCN(C2CCCCC2)C1=O)N1CCCCC1. The third-order valence-electron chi connectivity index (χ3n) is 6.67. The predicted octanol–water partition coefficient (Wildman–Crippen LogP) is 3.45. The first-order valence-electron chi connectivity index (χ1n) is 10.8. The van der Waals surface area contributed by atoms with Gasteiger partial charge in [-0.05, 0) is 50.3 Å². The van der Waals surface area contributed by atoms with Crippen molar-refractivity contribution in [2.24, 2.45) is 0 Å². The zero-order valence-corrected chi connectivity index (χ0v) is 16.4. The van der Waals surface area contributed by atoms with E-state index in [4.69, 9.17) is 0 Å². The maximum atomic E-state index is 13.1. The van der Waals surface area contributed by atoms with E-state index in [1.165, 1.54) is 25.7 Å². The van der Waals surface area contributed by atoms with Crippen LogP contribution in [-0.2, 0) is 6.54 Å². The molecule has 0 bridgehead atoms. The summed E-state index contributed by atoms with van der Waals surface area (Å²) in [5.74, 6) is 0.676. The number of hydrogen-bond donors (Lipinski definition) is 0. The first-order chi connectivity index (χ1) is 13.7. The monoisotopic (exact) mass is 380 g/mol. The third-order valence-corrected chi connectivity index (χ3v) is 6.67. The van der Waals surface area contributed by atoms with E-state index in [-0.39, 0.29) is 11.8 Å². The van der Waals surface area contributed by atoms with E-state index in [0.717, 1.165) is 62.9 Å². The molecule has 3 aliphatic rings. The third kappa shape index (κ3) is 2.99. The molecule has 3 heterocycles. The van der Waals surface area contributed by atoms with Crippen LogP contribution in [0.5, 0.6) is 0 Å². The summed E-state index contributed by atoms with van der Waals surface area (Å²) in [5, 5.41) is 0. The molecule has 1 saturated carbocycles. The normalized spacial score (nSPS) is 21.2. The molecular formula is C22H28N4O2. The van der Waals surface area contributed by atoms with Gasteiger partial charge in [-0.1, -0.05) is 19.3 Å². The van der Waals surface area contributed by atoms with Gasteiger partial charge in [-0.25, -0.2) is 4.98 Å². The zero-order chi connectivity index (χ0) is 19.1. The Labute approximate surface area is 165 Å². The molecule has 0 radical (unpaired) electrons. The lowest BCUT2D eigenvalue weighted by Crippen LogP contribution is -2.47. The first-order valence-corrected chi connectivity index (χ1v) is 10.8. The Kier molecular flexibility index (Phi) is 4.57. The molecule has 2 fully saturated rings. The highest BCUT2D eigenvalue weighted by Crippen LogP contribution is 2.28. The van der Waals surface area contributed by atoms with E-state index >= 15 is 0 Å². The van der Waals surface area contributed by atoms with Gasteiger partial charge < -0.3 is 14.4 Å². The maximum Gasteiger partial charge on any atom is 0.290 e. The van der Waals surface area contributed by atoms with Crippen LogP contribution in [0.2, 0.25) is 0 Å². The van der Waals surface area contributed by atoms with E-state index in [2.05, 4.69) is 4.98 Å². The number of imidazole rings is 1. The Morgan fingerprint density at radius 3 is 2.46 bits per heavy atom. The minimum Gasteiger partial charge on any atom is -0.339 e. The molecule has 1 aliphatic carbocycles. The number of aromatic nitrogens is 2. The van der Waals surface area contributed by atoms with Crippen LogP contribution in [0.4, 0.5) is 0 Å². The maximum absolute atomic E-state index is 13.1. The Balaban J connectivity index is 1.43. The fraction of sp³-hybridized carbons (Fsp3) is 0.591. The highest BCUT2D eigenvalue weighted by atomic mass is 16.2. The van der Waals surface area contributed by atoms with Crippen molar-refractivity contribution in [3.63, 3.8) is 0 Å². The molecule has 6 nitrogen and oxygen atoms in total. The fourth-order valence-corrected chi connectivity index (χ4v) is 5.11. The number of likely N-dealkylation sites (tertiary alicyclic amines) is 1. The van der Waals surface area contributed by atoms with Crippen molar-refractivity contribution in [3.05, 3.63) is 29.6 Å². The quantitative estimate of drug-likeness (QED) is 0.802. The van der Waals surface area contributed by atoms with Crippen LogP contribution in [0.3, 0.4) is 0 Å². The van der Waals surface area contributed by atoms with Crippen molar-refractivity contribution in [1.29, 1.82) is 0 Å². The Hall–Kier alpha value is -2.37. The number of hydrogen-bond acceptors (Lipinski definition) is 3. The smallest absolute Gasteiger partial charge is 0.290 e. The van der Waals surface area contributed by atoms with Crippen molar-refractivity contribution < 1.29 is 9.59 Å². The predicted molar refractivity (Wildman–Crippen MR) is 107 cm³/mol. The molecule has 6 heteroatoms. The molecule has 1 saturated heterocycles. The van der Waals surface area contributed by atoms with Gasteiger partial charge in [0.15, 0.2) is 5.82 Å². The fourth-order valence-electron chi connectivity index (χ4n) is 5.11. The molecule has 1 aromatic carbocycles. The van der Waals surface area contributed by atoms with E-state index in [0.29, 0.717) is 17.4 Å². The van der Waals surface area contributed by atoms with Gasteiger partial charge >= 0.3 is 0 Å². The van der Waals surface area contributed by atoms with Gasteiger partial charge in [0.05, 0.1) is 11.0 Å². The van der Waals surface area contributed by atoms with Crippen LogP contribution in [-0.4, -0.2) is 56.8 Å². The van der Waals surface area contributed by atoms with Crippen LogP contribution < -0.4 is 0 Å². The second-order valence-corrected chi connectivity index (χ2v) is 8.43. The van der Waals surface area contributed by atoms with Crippen LogP contribution in [0.15, 0.2) is 18.2 Å². The molecule has 28 heavy (non-hydrogen) atoms. The molecular weight excluding hydrogens is 352 g/mol. The van der Waals surface area contributed by atoms with E-state index in [1.54, 1.807) is 0 Å². The van der Waals surface area contributed by atoms with Gasteiger partial charge in [-0.2, -0.15) is 0 Å². The summed E-state index contributed by atoms with van der Waals surface area (Å²) in [6.45, 7) is 3.22. The van der Waals surface area contributed by atoms with Gasteiger partial charge in [0, 0.05) is 37.8 Å². The largest absolute Gasteiger partial charge is 0.339 e.